The lowest BCUT2D eigenvalue weighted by molar-refractivity contribution is 0.373. The van der Waals surface area contributed by atoms with E-state index in [4.69, 9.17) is 4.74 Å². The molecule has 2 rings (SSSR count). The van der Waals surface area contributed by atoms with Crippen molar-refractivity contribution in [3.8, 4) is 11.5 Å². The van der Waals surface area contributed by atoms with Crippen molar-refractivity contribution < 1.29 is 9.84 Å². The Bertz CT molecular complexity index is 678. The maximum absolute atomic E-state index is 9.64. The second-order valence-corrected chi connectivity index (χ2v) is 5.68. The lowest BCUT2D eigenvalue weighted by Crippen LogP contribution is -2.38. The molecule has 0 aliphatic carbocycles. The van der Waals surface area contributed by atoms with E-state index in [-0.39, 0.29) is 29.7 Å². The molecule has 2 aromatic carbocycles. The number of hydrogen-bond acceptors (Lipinski definition) is 3. The third-order valence-electron chi connectivity index (χ3n) is 3.81. The maximum atomic E-state index is 9.64. The number of phenols is 1. The predicted octanol–water partition coefficient (Wildman–Crippen LogP) is 3.36. The van der Waals surface area contributed by atoms with Crippen LogP contribution in [0, 0.1) is 0 Å². The molecule has 0 atom stereocenters. The van der Waals surface area contributed by atoms with E-state index >= 15 is 0 Å². The van der Waals surface area contributed by atoms with Crippen LogP contribution in [0.1, 0.15) is 18.1 Å². The largest absolute Gasteiger partial charge is 0.504 e. The van der Waals surface area contributed by atoms with Gasteiger partial charge in [-0.1, -0.05) is 36.4 Å². The Morgan fingerprint density at radius 1 is 1.04 bits per heavy atom. The maximum Gasteiger partial charge on any atom is 0.191 e. The molecule has 2 aromatic rings. The standard InChI is InChI=1S/C20H27N3O2.HI/c1-3-21-20(22-13-11-16-7-5-4-6-8-16)23-14-12-17-9-10-18(24)19(15-17)25-2;/h4-10,15,24H,3,11-14H2,1-2H3,(H2,21,22,23);1H. The highest BCUT2D eigenvalue weighted by Crippen LogP contribution is 2.26. The highest BCUT2D eigenvalue weighted by Gasteiger charge is 2.03. The van der Waals surface area contributed by atoms with Crippen molar-refractivity contribution in [2.45, 2.75) is 19.8 Å². The predicted molar refractivity (Wildman–Crippen MR) is 118 cm³/mol. The van der Waals surface area contributed by atoms with Crippen molar-refractivity contribution in [3.05, 3.63) is 59.7 Å². The normalized spacial score (nSPS) is 10.8. The summed E-state index contributed by atoms with van der Waals surface area (Å²) in [6, 6.07) is 15.8. The molecule has 142 valence electrons. The Morgan fingerprint density at radius 2 is 1.81 bits per heavy atom. The fourth-order valence-corrected chi connectivity index (χ4v) is 2.49. The highest BCUT2D eigenvalue weighted by molar-refractivity contribution is 14.0. The molecule has 0 aliphatic rings. The summed E-state index contributed by atoms with van der Waals surface area (Å²) in [7, 11) is 1.56. The number of benzene rings is 2. The van der Waals surface area contributed by atoms with Gasteiger partial charge in [0.25, 0.3) is 0 Å². The van der Waals surface area contributed by atoms with Gasteiger partial charge in [0, 0.05) is 19.6 Å². The fourth-order valence-electron chi connectivity index (χ4n) is 2.49. The zero-order chi connectivity index (χ0) is 17.9. The van der Waals surface area contributed by atoms with Crippen LogP contribution < -0.4 is 15.4 Å². The van der Waals surface area contributed by atoms with Crippen molar-refractivity contribution in [3.63, 3.8) is 0 Å². The molecule has 5 nitrogen and oxygen atoms in total. The van der Waals surface area contributed by atoms with Gasteiger partial charge in [-0.25, -0.2) is 0 Å². The summed E-state index contributed by atoms with van der Waals surface area (Å²) in [6.45, 7) is 4.38. The second-order valence-electron chi connectivity index (χ2n) is 5.68. The first-order valence-electron chi connectivity index (χ1n) is 8.65. The van der Waals surface area contributed by atoms with Crippen LogP contribution in [0.4, 0.5) is 0 Å². The van der Waals surface area contributed by atoms with Crippen LogP contribution in [0.15, 0.2) is 53.5 Å². The summed E-state index contributed by atoms with van der Waals surface area (Å²) >= 11 is 0. The summed E-state index contributed by atoms with van der Waals surface area (Å²) in [5, 5.41) is 16.2. The van der Waals surface area contributed by atoms with Crippen LogP contribution in [0.25, 0.3) is 0 Å². The third kappa shape index (κ3) is 7.51. The Labute approximate surface area is 172 Å². The third-order valence-corrected chi connectivity index (χ3v) is 3.81. The summed E-state index contributed by atoms with van der Waals surface area (Å²) in [5.74, 6) is 1.49. The molecule has 3 N–H and O–H groups in total. The van der Waals surface area contributed by atoms with Gasteiger partial charge in [0.05, 0.1) is 7.11 Å². The number of hydrogen-bond donors (Lipinski definition) is 3. The minimum atomic E-state index is 0. The molecule has 26 heavy (non-hydrogen) atoms. The first-order chi connectivity index (χ1) is 12.2. The number of aliphatic imine (C=N–C) groups is 1. The van der Waals surface area contributed by atoms with Gasteiger partial charge in [0.2, 0.25) is 0 Å². The number of guanidine groups is 1. The zero-order valence-corrected chi connectivity index (χ0v) is 17.7. The van der Waals surface area contributed by atoms with Gasteiger partial charge >= 0.3 is 0 Å². The summed E-state index contributed by atoms with van der Waals surface area (Å²) in [6.07, 6.45) is 1.74. The van der Waals surface area contributed by atoms with Gasteiger partial charge in [0.15, 0.2) is 17.5 Å². The van der Waals surface area contributed by atoms with Gasteiger partial charge in [-0.15, -0.1) is 24.0 Å². The van der Waals surface area contributed by atoms with Crippen molar-refractivity contribution >= 4 is 29.9 Å². The lowest BCUT2D eigenvalue weighted by atomic mass is 10.1. The summed E-state index contributed by atoms with van der Waals surface area (Å²) in [4.78, 5) is 4.62. The molecule has 0 aromatic heterocycles. The first-order valence-corrected chi connectivity index (χ1v) is 8.65. The lowest BCUT2D eigenvalue weighted by Gasteiger charge is -2.12. The average molecular weight is 469 g/mol. The Morgan fingerprint density at radius 3 is 2.50 bits per heavy atom. The quantitative estimate of drug-likeness (QED) is 0.315. The molecule has 0 heterocycles. The minimum Gasteiger partial charge on any atom is -0.504 e. The molecule has 0 spiro atoms. The van der Waals surface area contributed by atoms with Crippen molar-refractivity contribution in [2.75, 3.05) is 26.7 Å². The zero-order valence-electron chi connectivity index (χ0n) is 15.4. The van der Waals surface area contributed by atoms with Crippen LogP contribution in [0.5, 0.6) is 11.5 Å². The van der Waals surface area contributed by atoms with E-state index < -0.39 is 0 Å². The fraction of sp³-hybridized carbons (Fsp3) is 0.350. The number of aromatic hydroxyl groups is 1. The smallest absolute Gasteiger partial charge is 0.191 e. The van der Waals surface area contributed by atoms with Crippen molar-refractivity contribution in [1.29, 1.82) is 0 Å². The van der Waals surface area contributed by atoms with E-state index in [0.717, 1.165) is 44.0 Å². The van der Waals surface area contributed by atoms with Gasteiger partial charge in [-0.2, -0.15) is 0 Å². The molecule has 0 saturated carbocycles. The van der Waals surface area contributed by atoms with Crippen LogP contribution in [-0.4, -0.2) is 37.8 Å². The summed E-state index contributed by atoms with van der Waals surface area (Å²) < 4.78 is 5.14. The van der Waals surface area contributed by atoms with Crippen LogP contribution >= 0.6 is 24.0 Å². The summed E-state index contributed by atoms with van der Waals surface area (Å²) in [5.41, 5.74) is 2.39. The number of nitrogens with one attached hydrogen (secondary N) is 2. The molecule has 0 bridgehead atoms. The number of ether oxygens (including phenoxy) is 1. The molecule has 0 fully saturated rings. The van der Waals surface area contributed by atoms with Crippen LogP contribution in [0.3, 0.4) is 0 Å². The highest BCUT2D eigenvalue weighted by atomic mass is 127. The molecule has 0 unspecified atom stereocenters. The number of methoxy groups -OCH3 is 1. The van der Waals surface area contributed by atoms with E-state index in [0.29, 0.717) is 5.75 Å². The molecular formula is C20H28IN3O2. The monoisotopic (exact) mass is 469 g/mol. The van der Waals surface area contributed by atoms with Crippen molar-refractivity contribution in [1.82, 2.24) is 10.6 Å². The SMILES string of the molecule is CCNC(=NCCc1ccccc1)NCCc1ccc(O)c(OC)c1.I. The van der Waals surface area contributed by atoms with E-state index in [9.17, 15) is 5.11 Å². The van der Waals surface area contributed by atoms with Crippen molar-refractivity contribution in [2.24, 2.45) is 4.99 Å². The topological polar surface area (TPSA) is 65.9 Å². The number of halogens is 1. The van der Waals surface area contributed by atoms with E-state index in [1.54, 1.807) is 13.2 Å². The molecule has 0 aliphatic heterocycles. The van der Waals surface area contributed by atoms with Gasteiger partial charge in [-0.05, 0) is 43.0 Å². The average Bonchev–Trinajstić information content (AvgIpc) is 2.64. The number of nitrogens with zero attached hydrogens (tertiary/aromatic N) is 1. The molecule has 0 radical (unpaired) electrons. The van der Waals surface area contributed by atoms with Crippen LogP contribution in [-0.2, 0) is 12.8 Å². The Balaban J connectivity index is 0.00000338. The number of phenolic OH excluding ortho intramolecular Hbond substituents is 1. The molecule has 0 saturated heterocycles. The first kappa shape index (κ1) is 22.1. The Kier molecular flexibility index (Phi) is 10.5. The second kappa shape index (κ2) is 12.4. The van der Waals surface area contributed by atoms with Gasteiger partial charge in [0.1, 0.15) is 0 Å². The molecule has 6 heteroatoms. The van der Waals surface area contributed by atoms with E-state index in [2.05, 4.69) is 46.8 Å². The molecular weight excluding hydrogens is 441 g/mol. The van der Waals surface area contributed by atoms with E-state index in [1.165, 1.54) is 5.56 Å². The van der Waals surface area contributed by atoms with Gasteiger partial charge < -0.3 is 20.5 Å². The van der Waals surface area contributed by atoms with Gasteiger partial charge in [-0.3, -0.25) is 4.99 Å². The number of rotatable bonds is 8. The molecule has 0 amide bonds. The minimum absolute atomic E-state index is 0. The van der Waals surface area contributed by atoms with E-state index in [1.807, 2.05) is 18.2 Å². The Hall–Kier alpha value is -1.96. The van der Waals surface area contributed by atoms with Crippen LogP contribution in [0.2, 0.25) is 0 Å².